The number of hydrogen-bond acceptors (Lipinski definition) is 6. The molecule has 1 aromatic carbocycles. The number of carbonyl (C=O) groups is 1. The van der Waals surface area contributed by atoms with Crippen LogP contribution in [0, 0.1) is 0 Å². The highest BCUT2D eigenvalue weighted by Gasteiger charge is 2.17. The predicted octanol–water partition coefficient (Wildman–Crippen LogP) is 2.62. The van der Waals surface area contributed by atoms with E-state index in [4.69, 9.17) is 0 Å². The van der Waals surface area contributed by atoms with Crippen molar-refractivity contribution in [2.75, 3.05) is 43.4 Å². The molecule has 0 radical (unpaired) electrons. The maximum atomic E-state index is 13.0. The largest absolute Gasteiger partial charge is 0.360 e. The van der Waals surface area contributed by atoms with E-state index in [2.05, 4.69) is 67.9 Å². The van der Waals surface area contributed by atoms with E-state index >= 15 is 0 Å². The van der Waals surface area contributed by atoms with Crippen molar-refractivity contribution >= 4 is 46.8 Å². The molecule has 8 heteroatoms. The van der Waals surface area contributed by atoms with Gasteiger partial charge in [0.15, 0.2) is 0 Å². The monoisotopic (exact) mass is 479 g/mol. The van der Waals surface area contributed by atoms with Crippen LogP contribution >= 0.6 is 0 Å². The lowest BCUT2D eigenvalue weighted by Gasteiger charge is -2.33. The number of aromatic amines is 1. The van der Waals surface area contributed by atoms with Gasteiger partial charge in [0, 0.05) is 60.9 Å². The second-order valence-electron chi connectivity index (χ2n) is 9.02. The van der Waals surface area contributed by atoms with E-state index in [-0.39, 0.29) is 5.91 Å². The van der Waals surface area contributed by atoms with E-state index in [1.54, 1.807) is 24.7 Å². The molecule has 5 rings (SSSR count). The summed E-state index contributed by atoms with van der Waals surface area (Å²) in [5, 5.41) is 6.92. The number of nitrogens with zero attached hydrogens (tertiary/aromatic N) is 5. The maximum absolute atomic E-state index is 13.0. The third kappa shape index (κ3) is 4.89. The summed E-state index contributed by atoms with van der Waals surface area (Å²) in [5.74, 6) is 1.13. The predicted molar refractivity (Wildman–Crippen MR) is 146 cm³/mol. The molecule has 0 aliphatic carbocycles. The number of H-pyrrole nitrogens is 1. The third-order valence-electron chi connectivity index (χ3n) is 6.63. The zero-order chi connectivity index (χ0) is 25.1. The van der Waals surface area contributed by atoms with Crippen LogP contribution in [-0.4, -0.2) is 65.7 Å². The van der Waals surface area contributed by atoms with Crippen molar-refractivity contribution in [1.29, 1.82) is 0 Å². The highest BCUT2D eigenvalue weighted by molar-refractivity contribution is 6.05. The molecule has 36 heavy (non-hydrogen) atoms. The Hall–Kier alpha value is -4.30. The van der Waals surface area contributed by atoms with Crippen molar-refractivity contribution in [1.82, 2.24) is 19.9 Å². The molecule has 0 atom stereocenters. The molecule has 1 fully saturated rings. The molecule has 1 saturated heterocycles. The molecule has 4 heterocycles. The summed E-state index contributed by atoms with van der Waals surface area (Å²) in [6.07, 6.45) is 7.08. The van der Waals surface area contributed by atoms with Gasteiger partial charge in [-0.15, -0.1) is 0 Å². The molecule has 1 amide bonds. The molecular weight excluding hydrogens is 450 g/mol. The zero-order valence-electron chi connectivity index (χ0n) is 20.5. The van der Waals surface area contributed by atoms with Crippen LogP contribution in [0.4, 0.5) is 11.6 Å². The first-order valence-corrected chi connectivity index (χ1v) is 11.9. The third-order valence-corrected chi connectivity index (χ3v) is 6.63. The average Bonchev–Trinajstić information content (AvgIpc) is 3.37. The summed E-state index contributed by atoms with van der Waals surface area (Å²) in [7, 11) is 2.12. The number of anilines is 2. The Balaban J connectivity index is 1.40. The molecule has 4 aromatic rings. The number of rotatable bonds is 5. The van der Waals surface area contributed by atoms with Crippen molar-refractivity contribution in [2.45, 2.75) is 6.92 Å². The summed E-state index contributed by atoms with van der Waals surface area (Å²) >= 11 is 0. The Kier molecular flexibility index (Phi) is 6.60. The number of hydrogen-bond donors (Lipinski definition) is 2. The number of piperazine rings is 1. The topological polar surface area (TPSA) is 89.5 Å². The van der Waals surface area contributed by atoms with Gasteiger partial charge in [-0.3, -0.25) is 9.79 Å². The molecule has 1 aliphatic rings. The van der Waals surface area contributed by atoms with Crippen molar-refractivity contribution in [3.8, 4) is 0 Å². The van der Waals surface area contributed by atoms with E-state index in [1.165, 1.54) is 0 Å². The standard InChI is InChI=1S/C28H29N7O/c1-19(24-7-9-30-25(24)18-29-2)20-4-5-22-17-32-26(15-23(22)14-20)33-28(36)21-6-8-31-27(16-21)35-12-10-34(3)11-13-35/h4-9,14-18,30H,2,10-13H2,1,3H3,(H,32,33,36)/b24-19+,25-18+. The maximum Gasteiger partial charge on any atom is 0.257 e. The minimum atomic E-state index is -0.206. The summed E-state index contributed by atoms with van der Waals surface area (Å²) in [4.78, 5) is 33.6. The molecule has 0 saturated carbocycles. The van der Waals surface area contributed by atoms with Crippen molar-refractivity contribution < 1.29 is 4.79 Å². The number of aromatic nitrogens is 3. The molecule has 3 aromatic heterocycles. The lowest BCUT2D eigenvalue weighted by molar-refractivity contribution is 0.102. The fraction of sp³-hybridized carbons (Fsp3) is 0.214. The smallest absolute Gasteiger partial charge is 0.257 e. The summed E-state index contributed by atoms with van der Waals surface area (Å²) in [5.41, 5.74) is 2.75. The van der Waals surface area contributed by atoms with Crippen LogP contribution in [0.3, 0.4) is 0 Å². The number of amides is 1. The Bertz CT molecular complexity index is 1550. The normalized spacial score (nSPS) is 15.7. The molecule has 0 spiro atoms. The quantitative estimate of drug-likeness (QED) is 0.430. The van der Waals surface area contributed by atoms with Gasteiger partial charge in [-0.25, -0.2) is 9.97 Å². The minimum Gasteiger partial charge on any atom is -0.360 e. The number of likely N-dealkylation sites (N-methyl/N-ethyl adjacent to an activating group) is 1. The van der Waals surface area contributed by atoms with Crippen molar-refractivity contribution in [2.24, 2.45) is 4.99 Å². The van der Waals surface area contributed by atoms with E-state index in [9.17, 15) is 4.79 Å². The first-order chi connectivity index (χ1) is 17.5. The Morgan fingerprint density at radius 1 is 1.06 bits per heavy atom. The van der Waals surface area contributed by atoms with Crippen LogP contribution in [0.5, 0.6) is 0 Å². The second kappa shape index (κ2) is 10.1. The van der Waals surface area contributed by atoms with Gasteiger partial charge >= 0.3 is 0 Å². The minimum absolute atomic E-state index is 0.206. The number of benzene rings is 1. The number of fused-ring (bicyclic) bond motifs is 1. The molecule has 0 unspecified atom stereocenters. The zero-order valence-corrected chi connectivity index (χ0v) is 20.5. The van der Waals surface area contributed by atoms with Gasteiger partial charge in [-0.2, -0.15) is 0 Å². The van der Waals surface area contributed by atoms with E-state index in [0.717, 1.165) is 64.5 Å². The van der Waals surface area contributed by atoms with Crippen LogP contribution in [0.1, 0.15) is 22.8 Å². The van der Waals surface area contributed by atoms with Crippen LogP contribution in [0.15, 0.2) is 66.0 Å². The van der Waals surface area contributed by atoms with Gasteiger partial charge in [-0.1, -0.05) is 12.1 Å². The molecule has 1 aliphatic heterocycles. The van der Waals surface area contributed by atoms with Gasteiger partial charge in [-0.05, 0) is 67.5 Å². The van der Waals surface area contributed by atoms with Crippen LogP contribution in [-0.2, 0) is 0 Å². The number of nitrogens with one attached hydrogen (secondary N) is 2. The molecule has 2 N–H and O–H groups in total. The van der Waals surface area contributed by atoms with Gasteiger partial charge in [0.05, 0.1) is 11.5 Å². The Morgan fingerprint density at radius 3 is 2.69 bits per heavy atom. The molecule has 0 bridgehead atoms. The first-order valence-electron chi connectivity index (χ1n) is 11.9. The van der Waals surface area contributed by atoms with Crippen LogP contribution < -0.4 is 20.8 Å². The number of pyridine rings is 2. The molecular formula is C28H29N7O. The van der Waals surface area contributed by atoms with E-state index in [0.29, 0.717) is 11.4 Å². The lowest BCUT2D eigenvalue weighted by Crippen LogP contribution is -2.44. The highest BCUT2D eigenvalue weighted by atomic mass is 16.1. The van der Waals surface area contributed by atoms with Gasteiger partial charge in [0.2, 0.25) is 0 Å². The first kappa shape index (κ1) is 23.4. The van der Waals surface area contributed by atoms with E-state index in [1.807, 2.05) is 30.5 Å². The van der Waals surface area contributed by atoms with Gasteiger partial charge in [0.25, 0.3) is 5.91 Å². The molecule has 182 valence electrons. The van der Waals surface area contributed by atoms with Crippen LogP contribution in [0.2, 0.25) is 0 Å². The SMILES string of the molecule is C=N/C=c1/[nH]cc/c1=C(/C)c1ccc2cnc(NC(=O)c3ccnc(N4CCN(C)CC4)c3)cc2c1. The Morgan fingerprint density at radius 2 is 1.89 bits per heavy atom. The van der Waals surface area contributed by atoms with Gasteiger partial charge in [0.1, 0.15) is 11.6 Å². The fourth-order valence-electron chi connectivity index (χ4n) is 4.46. The summed E-state index contributed by atoms with van der Waals surface area (Å²) in [6.45, 7) is 9.38. The second-order valence-corrected chi connectivity index (χ2v) is 9.02. The number of aliphatic imine (C=N–C) groups is 1. The van der Waals surface area contributed by atoms with Gasteiger partial charge < -0.3 is 20.1 Å². The van der Waals surface area contributed by atoms with Crippen molar-refractivity contribution in [3.05, 3.63) is 82.7 Å². The highest BCUT2D eigenvalue weighted by Crippen LogP contribution is 2.22. The summed E-state index contributed by atoms with van der Waals surface area (Å²) in [6, 6.07) is 13.7. The lowest BCUT2D eigenvalue weighted by atomic mass is 10.0. The fourth-order valence-corrected chi connectivity index (χ4v) is 4.46. The van der Waals surface area contributed by atoms with E-state index < -0.39 is 0 Å². The Labute approximate surface area is 209 Å². The van der Waals surface area contributed by atoms with Crippen LogP contribution in [0.25, 0.3) is 22.5 Å². The van der Waals surface area contributed by atoms with Crippen molar-refractivity contribution in [3.63, 3.8) is 0 Å². The molecule has 8 nitrogen and oxygen atoms in total. The number of carbonyl (C=O) groups excluding carboxylic acids is 1. The average molecular weight is 480 g/mol. The summed E-state index contributed by atoms with van der Waals surface area (Å²) < 4.78 is 0.